The largest absolute Gasteiger partial charge is 0.319 e. The normalized spacial score (nSPS) is 10.3. The molecule has 0 saturated carbocycles. The zero-order valence-corrected chi connectivity index (χ0v) is 11.6. The second kappa shape index (κ2) is 5.63. The Morgan fingerprint density at radius 3 is 2.48 bits per heavy atom. The molecule has 1 amide bonds. The molecule has 0 saturated heterocycles. The van der Waals surface area contributed by atoms with Crippen molar-refractivity contribution in [1.82, 2.24) is 10.2 Å². The smallest absolute Gasteiger partial charge is 0.255 e. The number of aryl methyl sites for hydroxylation is 1. The molecule has 0 bridgehead atoms. The maximum absolute atomic E-state index is 12.3. The molecule has 0 spiro atoms. The summed E-state index contributed by atoms with van der Waals surface area (Å²) in [6.07, 6.45) is 1.62. The highest BCUT2D eigenvalue weighted by atomic mass is 16.1. The van der Waals surface area contributed by atoms with E-state index in [2.05, 4.69) is 15.5 Å². The van der Waals surface area contributed by atoms with Gasteiger partial charge in [0.25, 0.3) is 5.91 Å². The van der Waals surface area contributed by atoms with Crippen LogP contribution in [0.2, 0.25) is 0 Å². The number of H-pyrrole nitrogens is 1. The molecule has 1 aromatic heterocycles. The van der Waals surface area contributed by atoms with Gasteiger partial charge < -0.3 is 5.32 Å². The van der Waals surface area contributed by atoms with E-state index in [9.17, 15) is 4.79 Å². The van der Waals surface area contributed by atoms with Crippen LogP contribution in [0, 0.1) is 6.92 Å². The highest BCUT2D eigenvalue weighted by molar-refractivity contribution is 6.05. The Bertz CT molecular complexity index is 745. The van der Waals surface area contributed by atoms with E-state index in [1.54, 1.807) is 6.20 Å². The number of anilines is 1. The number of benzene rings is 2. The minimum absolute atomic E-state index is 0.145. The van der Waals surface area contributed by atoms with Gasteiger partial charge >= 0.3 is 0 Å². The second-order valence-electron chi connectivity index (χ2n) is 4.84. The molecule has 3 aromatic rings. The maximum atomic E-state index is 12.3. The Hall–Kier alpha value is -2.88. The number of nitrogens with one attached hydrogen (secondary N) is 2. The topological polar surface area (TPSA) is 57.8 Å². The molecule has 2 aromatic carbocycles. The molecule has 104 valence electrons. The van der Waals surface area contributed by atoms with Crippen LogP contribution in [0.5, 0.6) is 0 Å². The van der Waals surface area contributed by atoms with Crippen molar-refractivity contribution >= 4 is 11.6 Å². The van der Waals surface area contributed by atoms with Crippen molar-refractivity contribution in [1.29, 1.82) is 0 Å². The van der Waals surface area contributed by atoms with Gasteiger partial charge in [-0.2, -0.15) is 5.10 Å². The molecule has 4 nitrogen and oxygen atoms in total. The highest BCUT2D eigenvalue weighted by Gasteiger charge is 2.11. The lowest BCUT2D eigenvalue weighted by atomic mass is 10.1. The number of nitrogens with zero attached hydrogens (tertiary/aromatic N) is 1. The van der Waals surface area contributed by atoms with E-state index in [4.69, 9.17) is 0 Å². The Kier molecular flexibility index (Phi) is 3.51. The summed E-state index contributed by atoms with van der Waals surface area (Å²) < 4.78 is 0. The van der Waals surface area contributed by atoms with Crippen molar-refractivity contribution < 1.29 is 4.79 Å². The first-order chi connectivity index (χ1) is 10.2. The molecule has 0 unspecified atom stereocenters. The first-order valence-electron chi connectivity index (χ1n) is 6.71. The average molecular weight is 277 g/mol. The van der Waals surface area contributed by atoms with Gasteiger partial charge in [-0.25, -0.2) is 0 Å². The zero-order chi connectivity index (χ0) is 14.7. The predicted octanol–water partition coefficient (Wildman–Crippen LogP) is 3.64. The molecule has 0 aliphatic heterocycles. The molecule has 1 heterocycles. The van der Waals surface area contributed by atoms with Gasteiger partial charge in [0.05, 0.1) is 17.6 Å². The molecule has 21 heavy (non-hydrogen) atoms. The van der Waals surface area contributed by atoms with Crippen LogP contribution in [0.15, 0.2) is 60.8 Å². The molecule has 0 radical (unpaired) electrons. The number of aromatic amines is 1. The summed E-state index contributed by atoms with van der Waals surface area (Å²) in [6.45, 7) is 1.99. The lowest BCUT2D eigenvalue weighted by molar-refractivity contribution is 0.102. The zero-order valence-electron chi connectivity index (χ0n) is 11.6. The van der Waals surface area contributed by atoms with Crippen molar-refractivity contribution in [3.63, 3.8) is 0 Å². The van der Waals surface area contributed by atoms with E-state index in [-0.39, 0.29) is 5.91 Å². The van der Waals surface area contributed by atoms with Gasteiger partial charge in [0, 0.05) is 11.1 Å². The highest BCUT2D eigenvalue weighted by Crippen LogP contribution is 2.25. The van der Waals surface area contributed by atoms with Gasteiger partial charge in [0.15, 0.2) is 0 Å². The van der Waals surface area contributed by atoms with Crippen molar-refractivity contribution in [2.45, 2.75) is 6.92 Å². The second-order valence-corrected chi connectivity index (χ2v) is 4.84. The minimum atomic E-state index is -0.145. The molecular weight excluding hydrogens is 262 g/mol. The fraction of sp³-hybridized carbons (Fsp3) is 0.0588. The van der Waals surface area contributed by atoms with Crippen LogP contribution in [0.4, 0.5) is 5.69 Å². The number of hydrogen-bond donors (Lipinski definition) is 2. The summed E-state index contributed by atoms with van der Waals surface area (Å²) in [7, 11) is 0. The number of carbonyl (C=O) groups is 1. The van der Waals surface area contributed by atoms with Gasteiger partial charge in [0.1, 0.15) is 0 Å². The first kappa shape index (κ1) is 13.1. The van der Waals surface area contributed by atoms with E-state index < -0.39 is 0 Å². The Labute approximate surface area is 122 Å². The van der Waals surface area contributed by atoms with Crippen molar-refractivity contribution in [2.75, 3.05) is 5.32 Å². The third-order valence-corrected chi connectivity index (χ3v) is 3.26. The number of rotatable bonds is 3. The van der Waals surface area contributed by atoms with Crippen molar-refractivity contribution in [3.8, 4) is 11.3 Å². The average Bonchev–Trinajstić information content (AvgIpc) is 2.97. The number of carbonyl (C=O) groups excluding carboxylic acids is 1. The quantitative estimate of drug-likeness (QED) is 0.768. The van der Waals surface area contributed by atoms with E-state index in [1.807, 2.05) is 61.5 Å². The molecule has 3 rings (SSSR count). The summed E-state index contributed by atoms with van der Waals surface area (Å²) in [5.74, 6) is -0.145. The van der Waals surface area contributed by atoms with Crippen LogP contribution in [-0.4, -0.2) is 16.1 Å². The van der Waals surface area contributed by atoms with Crippen LogP contribution in [0.1, 0.15) is 15.9 Å². The van der Waals surface area contributed by atoms with Crippen LogP contribution >= 0.6 is 0 Å². The van der Waals surface area contributed by atoms with Gasteiger partial charge in [-0.3, -0.25) is 9.89 Å². The Balaban J connectivity index is 1.85. The van der Waals surface area contributed by atoms with E-state index in [0.717, 1.165) is 16.8 Å². The van der Waals surface area contributed by atoms with E-state index in [1.165, 1.54) is 0 Å². The summed E-state index contributed by atoms with van der Waals surface area (Å²) in [4.78, 5) is 12.3. The molecule has 0 atom stereocenters. The van der Waals surface area contributed by atoms with Gasteiger partial charge in [-0.05, 0) is 19.1 Å². The Morgan fingerprint density at radius 2 is 1.76 bits per heavy atom. The summed E-state index contributed by atoms with van der Waals surface area (Å²) in [5.41, 5.74) is 4.21. The Morgan fingerprint density at radius 1 is 1.05 bits per heavy atom. The number of aromatic nitrogens is 2. The van der Waals surface area contributed by atoms with Crippen molar-refractivity contribution in [3.05, 3.63) is 71.9 Å². The first-order valence-corrected chi connectivity index (χ1v) is 6.71. The monoisotopic (exact) mass is 277 g/mol. The van der Waals surface area contributed by atoms with Crippen LogP contribution in [0.25, 0.3) is 11.3 Å². The summed E-state index contributed by atoms with van der Waals surface area (Å²) in [5, 5.41) is 9.83. The number of hydrogen-bond acceptors (Lipinski definition) is 2. The van der Waals surface area contributed by atoms with Crippen molar-refractivity contribution in [2.24, 2.45) is 0 Å². The fourth-order valence-corrected chi connectivity index (χ4v) is 2.11. The third kappa shape index (κ3) is 2.84. The lowest BCUT2D eigenvalue weighted by Crippen LogP contribution is -2.11. The standard InChI is InChI=1S/C17H15N3O/c1-12-7-9-14(10-8-12)17(21)19-15-11-18-20-16(15)13-5-3-2-4-6-13/h2-11H,1H3,(H,18,20)(H,19,21). The molecule has 2 N–H and O–H groups in total. The molecule has 0 aliphatic rings. The molecule has 4 heteroatoms. The number of amides is 1. The predicted molar refractivity (Wildman–Crippen MR) is 83.2 cm³/mol. The van der Waals surface area contributed by atoms with Crippen LogP contribution in [0.3, 0.4) is 0 Å². The van der Waals surface area contributed by atoms with E-state index in [0.29, 0.717) is 11.3 Å². The summed E-state index contributed by atoms with van der Waals surface area (Å²) >= 11 is 0. The van der Waals surface area contributed by atoms with Crippen LogP contribution < -0.4 is 5.32 Å². The maximum Gasteiger partial charge on any atom is 0.255 e. The van der Waals surface area contributed by atoms with Gasteiger partial charge in [-0.1, -0.05) is 48.0 Å². The fourth-order valence-electron chi connectivity index (χ4n) is 2.11. The molecule has 0 fully saturated rings. The SMILES string of the molecule is Cc1ccc(C(=O)Nc2cn[nH]c2-c2ccccc2)cc1. The lowest BCUT2D eigenvalue weighted by Gasteiger charge is -2.06. The molecule has 0 aliphatic carbocycles. The van der Waals surface area contributed by atoms with Crippen LogP contribution in [-0.2, 0) is 0 Å². The van der Waals surface area contributed by atoms with Gasteiger partial charge in [-0.15, -0.1) is 0 Å². The summed E-state index contributed by atoms with van der Waals surface area (Å²) in [6, 6.07) is 17.2. The van der Waals surface area contributed by atoms with Gasteiger partial charge in [0.2, 0.25) is 0 Å². The molecular formula is C17H15N3O. The third-order valence-electron chi connectivity index (χ3n) is 3.26. The minimum Gasteiger partial charge on any atom is -0.319 e. The van der Waals surface area contributed by atoms with E-state index >= 15 is 0 Å².